The fourth-order valence-corrected chi connectivity index (χ4v) is 2.24. The molecule has 1 aliphatic heterocycles. The van der Waals surface area contributed by atoms with E-state index in [9.17, 15) is 4.79 Å². The average Bonchev–Trinajstić information content (AvgIpc) is 2.77. The van der Waals surface area contributed by atoms with Crippen LogP contribution in [-0.4, -0.2) is 24.2 Å². The quantitative estimate of drug-likeness (QED) is 0.859. The number of rotatable bonds is 1. The summed E-state index contributed by atoms with van der Waals surface area (Å²) in [5.41, 5.74) is 8.53. The molecule has 0 aliphatic carbocycles. The van der Waals surface area contributed by atoms with Crippen LogP contribution in [0.5, 0.6) is 5.75 Å². The van der Waals surface area contributed by atoms with Crippen molar-refractivity contribution >= 4 is 17.3 Å². The van der Waals surface area contributed by atoms with Crippen molar-refractivity contribution in [2.75, 3.05) is 17.7 Å². The monoisotopic (exact) mass is 273 g/mol. The van der Waals surface area contributed by atoms with Crippen molar-refractivity contribution in [1.29, 1.82) is 0 Å². The number of likely N-dealkylation sites (N-methyl/N-ethyl adjacent to an activating group) is 1. The third-order valence-corrected chi connectivity index (χ3v) is 3.47. The van der Waals surface area contributed by atoms with Gasteiger partial charge < -0.3 is 19.9 Å². The lowest BCUT2D eigenvalue weighted by molar-refractivity contribution is -0.125. The molecule has 104 valence electrons. The molecule has 1 atom stereocenters. The van der Waals surface area contributed by atoms with Gasteiger partial charge in [0.25, 0.3) is 5.91 Å². The van der Waals surface area contributed by atoms with E-state index in [1.807, 2.05) is 12.1 Å². The van der Waals surface area contributed by atoms with Gasteiger partial charge in [0.2, 0.25) is 0 Å². The van der Waals surface area contributed by atoms with Crippen LogP contribution in [0.4, 0.5) is 11.4 Å². The van der Waals surface area contributed by atoms with Gasteiger partial charge in [-0.05, 0) is 32.0 Å². The Morgan fingerprint density at radius 1 is 1.40 bits per heavy atom. The van der Waals surface area contributed by atoms with Crippen LogP contribution < -0.4 is 15.4 Å². The van der Waals surface area contributed by atoms with E-state index in [4.69, 9.17) is 15.0 Å². The molecule has 0 fully saturated rings. The maximum Gasteiger partial charge on any atom is 0.267 e. The lowest BCUT2D eigenvalue weighted by Gasteiger charge is -2.30. The van der Waals surface area contributed by atoms with Crippen LogP contribution in [0.1, 0.15) is 12.6 Å². The number of benzene rings is 1. The highest BCUT2D eigenvalue weighted by atomic mass is 16.5. The number of fused-ring (bicyclic) bond motifs is 1. The number of amides is 1. The molecule has 1 amide bonds. The Kier molecular flexibility index (Phi) is 2.67. The summed E-state index contributed by atoms with van der Waals surface area (Å²) in [6.07, 6.45) is -0.476. The Hall–Kier alpha value is -2.50. The number of anilines is 2. The van der Waals surface area contributed by atoms with E-state index in [1.54, 1.807) is 31.9 Å². The number of hydrogen-bond donors (Lipinski definition) is 1. The molecule has 0 bridgehead atoms. The molecule has 3 rings (SSSR count). The minimum absolute atomic E-state index is 0.0867. The zero-order valence-electron chi connectivity index (χ0n) is 11.5. The predicted molar refractivity (Wildman–Crippen MR) is 74.6 cm³/mol. The molecule has 2 aromatic rings. The molecular weight excluding hydrogens is 258 g/mol. The maximum atomic E-state index is 11.9. The summed E-state index contributed by atoms with van der Waals surface area (Å²) in [6, 6.07) is 5.46. The van der Waals surface area contributed by atoms with Gasteiger partial charge in [-0.2, -0.15) is 0 Å². The van der Waals surface area contributed by atoms with Crippen LogP contribution in [-0.2, 0) is 4.79 Å². The lowest BCUT2D eigenvalue weighted by atomic mass is 10.1. The van der Waals surface area contributed by atoms with Crippen molar-refractivity contribution in [2.24, 2.45) is 0 Å². The van der Waals surface area contributed by atoms with Crippen molar-refractivity contribution in [3.63, 3.8) is 0 Å². The largest absolute Gasteiger partial charge is 0.479 e. The zero-order chi connectivity index (χ0) is 14.4. The average molecular weight is 273 g/mol. The molecule has 0 radical (unpaired) electrons. The van der Waals surface area contributed by atoms with Gasteiger partial charge in [0, 0.05) is 12.6 Å². The smallest absolute Gasteiger partial charge is 0.267 e. The van der Waals surface area contributed by atoms with E-state index in [0.29, 0.717) is 28.6 Å². The molecule has 2 N–H and O–H groups in total. The first-order valence-electron chi connectivity index (χ1n) is 6.29. The summed E-state index contributed by atoms with van der Waals surface area (Å²) >= 11 is 0. The molecule has 0 saturated heterocycles. The van der Waals surface area contributed by atoms with Gasteiger partial charge in [0.15, 0.2) is 11.9 Å². The normalized spacial score (nSPS) is 17.9. The minimum atomic E-state index is -0.476. The molecule has 20 heavy (non-hydrogen) atoms. The van der Waals surface area contributed by atoms with E-state index in [0.717, 1.165) is 5.56 Å². The molecular formula is C14H15N3O3. The van der Waals surface area contributed by atoms with Crippen LogP contribution >= 0.6 is 0 Å². The number of hydrogen-bond acceptors (Lipinski definition) is 5. The van der Waals surface area contributed by atoms with Gasteiger partial charge in [-0.15, -0.1) is 0 Å². The topological polar surface area (TPSA) is 81.6 Å². The summed E-state index contributed by atoms with van der Waals surface area (Å²) in [7, 11) is 1.72. The van der Waals surface area contributed by atoms with Gasteiger partial charge in [0.05, 0.1) is 5.69 Å². The van der Waals surface area contributed by atoms with Crippen molar-refractivity contribution < 1.29 is 14.1 Å². The van der Waals surface area contributed by atoms with Crippen molar-refractivity contribution in [3.05, 3.63) is 23.9 Å². The summed E-state index contributed by atoms with van der Waals surface area (Å²) in [6.45, 7) is 3.51. The fourth-order valence-electron chi connectivity index (χ4n) is 2.24. The van der Waals surface area contributed by atoms with Gasteiger partial charge in [-0.3, -0.25) is 4.79 Å². The Bertz CT molecular complexity index is 693. The molecule has 0 spiro atoms. The molecule has 6 heteroatoms. The molecule has 1 unspecified atom stereocenters. The predicted octanol–water partition coefficient (Wildman–Crippen LogP) is 1.98. The number of aryl methyl sites for hydroxylation is 1. The van der Waals surface area contributed by atoms with Crippen LogP contribution in [0.2, 0.25) is 0 Å². The molecule has 0 saturated carbocycles. The van der Waals surface area contributed by atoms with E-state index in [-0.39, 0.29) is 5.91 Å². The second kappa shape index (κ2) is 4.26. The standard InChI is InChI=1S/C14H15N3O3/c1-7-12(15)13(20-16-7)9-4-5-11-10(6-9)17(3)14(18)8(2)19-11/h4-6,8H,15H2,1-3H3. The highest BCUT2D eigenvalue weighted by Gasteiger charge is 2.29. The van der Waals surface area contributed by atoms with E-state index < -0.39 is 6.10 Å². The number of aromatic nitrogens is 1. The second-order valence-electron chi connectivity index (χ2n) is 4.85. The van der Waals surface area contributed by atoms with Crippen LogP contribution in [0.15, 0.2) is 22.7 Å². The maximum absolute atomic E-state index is 11.9. The van der Waals surface area contributed by atoms with Crippen molar-refractivity contribution in [2.45, 2.75) is 20.0 Å². The van der Waals surface area contributed by atoms with E-state index in [2.05, 4.69) is 5.16 Å². The van der Waals surface area contributed by atoms with Crippen LogP contribution in [0.3, 0.4) is 0 Å². The number of nitrogens with zero attached hydrogens (tertiary/aromatic N) is 2. The Labute approximate surface area is 116 Å². The number of ether oxygens (including phenoxy) is 1. The number of carbonyl (C=O) groups is 1. The van der Waals surface area contributed by atoms with E-state index in [1.165, 1.54) is 0 Å². The number of nitrogen functional groups attached to an aromatic ring is 1. The van der Waals surface area contributed by atoms with E-state index >= 15 is 0 Å². The highest BCUT2D eigenvalue weighted by Crippen LogP contribution is 2.38. The molecule has 2 heterocycles. The highest BCUT2D eigenvalue weighted by molar-refractivity contribution is 6.00. The van der Waals surface area contributed by atoms with Gasteiger partial charge in [0.1, 0.15) is 17.1 Å². The van der Waals surface area contributed by atoms with Crippen LogP contribution in [0, 0.1) is 6.92 Å². The molecule has 1 aromatic heterocycles. The summed E-state index contributed by atoms with van der Waals surface area (Å²) < 4.78 is 10.8. The third kappa shape index (κ3) is 1.72. The zero-order valence-corrected chi connectivity index (χ0v) is 11.5. The second-order valence-corrected chi connectivity index (χ2v) is 4.85. The molecule has 1 aromatic carbocycles. The number of nitrogens with two attached hydrogens (primary N) is 1. The van der Waals surface area contributed by atoms with Gasteiger partial charge >= 0.3 is 0 Å². The molecule has 1 aliphatic rings. The summed E-state index contributed by atoms with van der Waals surface area (Å²) in [5, 5.41) is 3.84. The minimum Gasteiger partial charge on any atom is -0.479 e. The molecule has 6 nitrogen and oxygen atoms in total. The van der Waals surface area contributed by atoms with Crippen LogP contribution in [0.25, 0.3) is 11.3 Å². The summed E-state index contributed by atoms with van der Waals surface area (Å²) in [5.74, 6) is 1.08. The van der Waals surface area contributed by atoms with Crippen molar-refractivity contribution in [1.82, 2.24) is 5.16 Å². The third-order valence-electron chi connectivity index (χ3n) is 3.47. The Morgan fingerprint density at radius 2 is 2.15 bits per heavy atom. The van der Waals surface area contributed by atoms with Gasteiger partial charge in [-0.1, -0.05) is 5.16 Å². The first-order chi connectivity index (χ1) is 9.49. The fraction of sp³-hybridized carbons (Fsp3) is 0.286. The SMILES string of the molecule is Cc1noc(-c2ccc3c(c2)N(C)C(=O)C(C)O3)c1N. The number of carbonyl (C=O) groups excluding carboxylic acids is 1. The summed E-state index contributed by atoms with van der Waals surface area (Å²) in [4.78, 5) is 13.5. The first-order valence-corrected chi connectivity index (χ1v) is 6.29. The Morgan fingerprint density at radius 3 is 2.80 bits per heavy atom. The first kappa shape index (κ1) is 12.5. The lowest BCUT2D eigenvalue weighted by Crippen LogP contribution is -2.41. The van der Waals surface area contributed by atoms with Crippen molar-refractivity contribution in [3.8, 4) is 17.1 Å². The Balaban J connectivity index is 2.10. The van der Waals surface area contributed by atoms with Gasteiger partial charge in [-0.25, -0.2) is 0 Å².